The lowest BCUT2D eigenvalue weighted by atomic mass is 9.92. The van der Waals surface area contributed by atoms with Crippen molar-refractivity contribution < 1.29 is 22.7 Å². The molecular formula is C24H16F3N3O2. The molecule has 0 fully saturated rings. The van der Waals surface area contributed by atoms with Gasteiger partial charge in [-0.3, -0.25) is 9.69 Å². The molecule has 0 spiro atoms. The maximum Gasteiger partial charge on any atom is 0.294 e. The summed E-state index contributed by atoms with van der Waals surface area (Å²) in [6, 6.07) is 14.0. The monoisotopic (exact) mass is 435 g/mol. The van der Waals surface area contributed by atoms with Crippen molar-refractivity contribution in [2.24, 2.45) is 0 Å². The van der Waals surface area contributed by atoms with Crippen LogP contribution in [-0.4, -0.2) is 23.0 Å². The summed E-state index contributed by atoms with van der Waals surface area (Å²) in [7, 11) is 1.33. The molecule has 8 heteroatoms. The average Bonchev–Trinajstić information content (AvgIpc) is 3.38. The second-order valence-corrected chi connectivity index (χ2v) is 7.29. The van der Waals surface area contributed by atoms with Crippen molar-refractivity contribution in [3.8, 4) is 0 Å². The summed E-state index contributed by atoms with van der Waals surface area (Å²) in [5, 5.41) is 0. The van der Waals surface area contributed by atoms with Crippen molar-refractivity contribution in [2.75, 3.05) is 12.0 Å². The summed E-state index contributed by atoms with van der Waals surface area (Å²) in [6.07, 6.45) is 1.51. The lowest BCUT2D eigenvalue weighted by molar-refractivity contribution is -0.117. The highest BCUT2D eigenvalue weighted by Gasteiger charge is 2.44. The molecule has 0 bridgehead atoms. The van der Waals surface area contributed by atoms with Crippen LogP contribution in [0, 0.1) is 17.5 Å². The third kappa shape index (κ3) is 3.03. The number of methoxy groups -OCH3 is 1. The number of carbonyl (C=O) groups is 1. The van der Waals surface area contributed by atoms with Crippen molar-refractivity contribution in [3.05, 3.63) is 101 Å². The number of hydrogen-bond donors (Lipinski definition) is 1. The number of H-pyrrole nitrogens is 1. The number of imidazole rings is 1. The number of amides is 1. The van der Waals surface area contributed by atoms with Gasteiger partial charge in [0.15, 0.2) is 17.4 Å². The van der Waals surface area contributed by atoms with Gasteiger partial charge >= 0.3 is 0 Å². The summed E-state index contributed by atoms with van der Waals surface area (Å²) in [6.45, 7) is 0. The van der Waals surface area contributed by atoms with E-state index in [9.17, 15) is 13.6 Å². The summed E-state index contributed by atoms with van der Waals surface area (Å²) in [5.74, 6) is -4.12. The molecule has 0 saturated heterocycles. The molecule has 0 aliphatic carbocycles. The minimum atomic E-state index is -1.34. The molecule has 0 radical (unpaired) electrons. The van der Waals surface area contributed by atoms with Crippen LogP contribution >= 0.6 is 0 Å². The van der Waals surface area contributed by atoms with Gasteiger partial charge in [-0.05, 0) is 29.8 Å². The van der Waals surface area contributed by atoms with E-state index in [2.05, 4.69) is 9.97 Å². The van der Waals surface area contributed by atoms with Crippen molar-refractivity contribution in [3.63, 3.8) is 0 Å². The van der Waals surface area contributed by atoms with Crippen LogP contribution in [-0.2, 0) is 9.53 Å². The number of nitrogens with zero attached hydrogens (tertiary/aromatic N) is 2. The molecule has 1 aromatic heterocycles. The quantitative estimate of drug-likeness (QED) is 0.453. The molecule has 1 unspecified atom stereocenters. The maximum absolute atomic E-state index is 15.0. The lowest BCUT2D eigenvalue weighted by Gasteiger charge is -2.28. The molecule has 4 aromatic rings. The lowest BCUT2D eigenvalue weighted by Crippen LogP contribution is -2.31. The van der Waals surface area contributed by atoms with Crippen LogP contribution in [0.1, 0.15) is 17.2 Å². The smallest absolute Gasteiger partial charge is 0.294 e. The number of aromatic amines is 1. The van der Waals surface area contributed by atoms with E-state index in [4.69, 9.17) is 4.74 Å². The van der Waals surface area contributed by atoms with Gasteiger partial charge in [-0.2, -0.15) is 0 Å². The van der Waals surface area contributed by atoms with E-state index in [1.165, 1.54) is 18.3 Å². The molecule has 1 aliphatic heterocycles. The first-order chi connectivity index (χ1) is 15.5. The Balaban J connectivity index is 1.79. The molecule has 2 heterocycles. The number of fused-ring (bicyclic) bond motifs is 1. The molecule has 1 atom stereocenters. The van der Waals surface area contributed by atoms with Crippen molar-refractivity contribution >= 4 is 28.2 Å². The van der Waals surface area contributed by atoms with Crippen LogP contribution in [0.25, 0.3) is 16.6 Å². The number of halogens is 3. The Kier molecular flexibility index (Phi) is 4.70. The van der Waals surface area contributed by atoms with Crippen LogP contribution in [0.2, 0.25) is 0 Å². The van der Waals surface area contributed by atoms with Gasteiger partial charge < -0.3 is 9.72 Å². The molecular weight excluding hydrogens is 419 g/mol. The predicted molar refractivity (Wildman–Crippen MR) is 113 cm³/mol. The maximum atomic E-state index is 15.0. The van der Waals surface area contributed by atoms with Crippen LogP contribution in [0.15, 0.2) is 72.8 Å². The van der Waals surface area contributed by atoms with Gasteiger partial charge in [0.25, 0.3) is 5.91 Å². The van der Waals surface area contributed by atoms with Gasteiger partial charge in [0.05, 0.1) is 30.5 Å². The number of ether oxygens (including phenoxy) is 1. The Morgan fingerprint density at radius 1 is 1.03 bits per heavy atom. The number of anilines is 1. The first kappa shape index (κ1) is 19.9. The molecule has 0 saturated carbocycles. The minimum absolute atomic E-state index is 0.0348. The first-order valence-electron chi connectivity index (χ1n) is 9.74. The van der Waals surface area contributed by atoms with E-state index in [1.807, 2.05) is 0 Å². The minimum Gasteiger partial charge on any atom is -0.491 e. The number of carbonyl (C=O) groups excluding carboxylic acids is 1. The molecule has 5 nitrogen and oxygen atoms in total. The van der Waals surface area contributed by atoms with Crippen molar-refractivity contribution in [1.82, 2.24) is 9.97 Å². The third-order valence-electron chi connectivity index (χ3n) is 5.48. The van der Waals surface area contributed by atoms with Gasteiger partial charge in [0.1, 0.15) is 5.82 Å². The summed E-state index contributed by atoms with van der Waals surface area (Å²) in [5.41, 5.74) is 2.25. The zero-order valence-electron chi connectivity index (χ0n) is 16.8. The molecule has 1 N–H and O–H groups in total. The summed E-state index contributed by atoms with van der Waals surface area (Å²) < 4.78 is 48.8. The van der Waals surface area contributed by atoms with E-state index in [-0.39, 0.29) is 11.3 Å². The summed E-state index contributed by atoms with van der Waals surface area (Å²) >= 11 is 0. The Morgan fingerprint density at radius 3 is 2.56 bits per heavy atom. The van der Waals surface area contributed by atoms with E-state index in [0.29, 0.717) is 28.4 Å². The number of rotatable bonds is 4. The van der Waals surface area contributed by atoms with Crippen LogP contribution in [0.5, 0.6) is 0 Å². The molecule has 160 valence electrons. The van der Waals surface area contributed by atoms with Gasteiger partial charge in [-0.15, -0.1) is 0 Å². The van der Waals surface area contributed by atoms with Crippen molar-refractivity contribution in [1.29, 1.82) is 0 Å². The molecule has 32 heavy (non-hydrogen) atoms. The fourth-order valence-electron chi connectivity index (χ4n) is 4.10. The number of hydrogen-bond acceptors (Lipinski definition) is 3. The molecule has 5 rings (SSSR count). The molecule has 3 aromatic carbocycles. The van der Waals surface area contributed by atoms with Crippen LogP contribution < -0.4 is 4.90 Å². The third-order valence-corrected chi connectivity index (χ3v) is 5.48. The van der Waals surface area contributed by atoms with Gasteiger partial charge in [-0.25, -0.2) is 18.2 Å². The fourth-order valence-corrected chi connectivity index (χ4v) is 4.10. The standard InChI is InChI=1S/C24H16F3N3O2/c1-32-23-20(13-5-3-2-4-6-13)22(16-9-14(25)10-17(26)21(16)27)30(24(23)31)15-7-8-18-19(11-15)29-12-28-18/h2-12,22H,1H3,(H,28,29). The average molecular weight is 435 g/mol. The SMILES string of the molecule is COC1=C(c2ccccc2)C(c2cc(F)cc(F)c2F)N(c2ccc3[nH]cnc3c2)C1=O. The molecule has 1 amide bonds. The molecule has 1 aliphatic rings. The van der Waals surface area contributed by atoms with E-state index in [0.717, 1.165) is 11.6 Å². The second kappa shape index (κ2) is 7.56. The Labute approximate surface area is 180 Å². The van der Waals surface area contributed by atoms with Gasteiger partial charge in [0, 0.05) is 22.9 Å². The van der Waals surface area contributed by atoms with Gasteiger partial charge in [0.2, 0.25) is 0 Å². The van der Waals surface area contributed by atoms with Crippen molar-refractivity contribution in [2.45, 2.75) is 6.04 Å². The summed E-state index contributed by atoms with van der Waals surface area (Å²) in [4.78, 5) is 21.9. The second-order valence-electron chi connectivity index (χ2n) is 7.29. The normalized spacial score (nSPS) is 16.3. The van der Waals surface area contributed by atoms with Crippen LogP contribution in [0.4, 0.5) is 18.9 Å². The highest BCUT2D eigenvalue weighted by atomic mass is 19.2. The Bertz CT molecular complexity index is 1380. The van der Waals surface area contributed by atoms with Gasteiger partial charge in [-0.1, -0.05) is 30.3 Å². The van der Waals surface area contributed by atoms with E-state index >= 15 is 4.39 Å². The highest BCUT2D eigenvalue weighted by Crippen LogP contribution is 2.47. The first-order valence-corrected chi connectivity index (χ1v) is 9.74. The number of benzene rings is 3. The number of nitrogens with one attached hydrogen (secondary N) is 1. The largest absolute Gasteiger partial charge is 0.491 e. The number of aromatic nitrogens is 2. The zero-order valence-corrected chi connectivity index (χ0v) is 16.8. The van der Waals surface area contributed by atoms with Crippen LogP contribution in [0.3, 0.4) is 0 Å². The Morgan fingerprint density at radius 2 is 1.81 bits per heavy atom. The fraction of sp³-hybridized carbons (Fsp3) is 0.0833. The van der Waals surface area contributed by atoms with E-state index < -0.39 is 29.4 Å². The highest BCUT2D eigenvalue weighted by molar-refractivity contribution is 6.16. The van der Waals surface area contributed by atoms with E-state index in [1.54, 1.807) is 48.5 Å². The predicted octanol–water partition coefficient (Wildman–Crippen LogP) is 5.13. The topological polar surface area (TPSA) is 58.2 Å². The Hall–Kier alpha value is -4.07. The zero-order chi connectivity index (χ0) is 22.4.